The van der Waals surface area contributed by atoms with E-state index in [0.29, 0.717) is 11.0 Å². The number of benzene rings is 1. The molecular formula is C11H15BrFNO. The number of halogens is 2. The summed E-state index contributed by atoms with van der Waals surface area (Å²) in [5.74, 6) is 0.142. The van der Waals surface area contributed by atoms with Gasteiger partial charge in [-0.1, -0.05) is 29.8 Å². The Kier molecular flexibility index (Phi) is 4.54. The summed E-state index contributed by atoms with van der Waals surface area (Å²) in [5.41, 5.74) is 5.54. The van der Waals surface area contributed by atoms with E-state index in [4.69, 9.17) is 10.5 Å². The standard InChI is InChI=1S/C11H15BrFNO/c1-7(2)11(6-14)15-10-4-3-8(12)5-9(10)13/h3-5,7,11H,6,14H2,1-2H3. The van der Waals surface area contributed by atoms with Gasteiger partial charge in [-0.2, -0.15) is 0 Å². The fourth-order valence-electron chi connectivity index (χ4n) is 1.19. The molecule has 0 aromatic heterocycles. The molecule has 0 aliphatic heterocycles. The molecule has 15 heavy (non-hydrogen) atoms. The first-order valence-corrected chi connectivity index (χ1v) is 5.65. The zero-order valence-corrected chi connectivity index (χ0v) is 10.4. The zero-order chi connectivity index (χ0) is 11.4. The average Bonchev–Trinajstić information content (AvgIpc) is 2.16. The van der Waals surface area contributed by atoms with Gasteiger partial charge >= 0.3 is 0 Å². The Morgan fingerprint density at radius 3 is 2.60 bits per heavy atom. The van der Waals surface area contributed by atoms with Gasteiger partial charge in [-0.05, 0) is 24.1 Å². The molecule has 0 bridgehead atoms. The van der Waals surface area contributed by atoms with Gasteiger partial charge < -0.3 is 10.5 Å². The van der Waals surface area contributed by atoms with E-state index in [-0.39, 0.29) is 23.6 Å². The molecule has 2 N–H and O–H groups in total. The van der Waals surface area contributed by atoms with Crippen LogP contribution in [0.25, 0.3) is 0 Å². The van der Waals surface area contributed by atoms with Crippen LogP contribution in [-0.4, -0.2) is 12.6 Å². The lowest BCUT2D eigenvalue weighted by molar-refractivity contribution is 0.152. The van der Waals surface area contributed by atoms with Crippen molar-refractivity contribution in [3.8, 4) is 5.75 Å². The van der Waals surface area contributed by atoms with Crippen LogP contribution in [0, 0.1) is 11.7 Å². The largest absolute Gasteiger partial charge is 0.486 e. The summed E-state index contributed by atoms with van der Waals surface area (Å²) >= 11 is 3.19. The van der Waals surface area contributed by atoms with Gasteiger partial charge in [0.2, 0.25) is 0 Å². The van der Waals surface area contributed by atoms with Gasteiger partial charge in [-0.15, -0.1) is 0 Å². The first-order chi connectivity index (χ1) is 7.04. The number of ether oxygens (including phenoxy) is 1. The summed E-state index contributed by atoms with van der Waals surface area (Å²) in [6.07, 6.45) is -0.152. The summed E-state index contributed by atoms with van der Waals surface area (Å²) in [5, 5.41) is 0. The molecule has 0 amide bonds. The lowest BCUT2D eigenvalue weighted by Crippen LogP contribution is -2.32. The highest BCUT2D eigenvalue weighted by Crippen LogP contribution is 2.23. The van der Waals surface area contributed by atoms with Crippen LogP contribution >= 0.6 is 15.9 Å². The summed E-state index contributed by atoms with van der Waals surface area (Å²) in [6, 6.07) is 4.72. The molecular weight excluding hydrogens is 261 g/mol. The second-order valence-electron chi connectivity index (χ2n) is 3.71. The number of hydrogen-bond donors (Lipinski definition) is 1. The topological polar surface area (TPSA) is 35.2 Å². The summed E-state index contributed by atoms with van der Waals surface area (Å²) < 4.78 is 19.6. The second kappa shape index (κ2) is 5.47. The van der Waals surface area contributed by atoms with E-state index in [2.05, 4.69) is 15.9 Å². The molecule has 84 valence electrons. The Balaban J connectivity index is 2.79. The van der Waals surface area contributed by atoms with Crippen LogP contribution in [0.1, 0.15) is 13.8 Å². The molecule has 0 aliphatic rings. The van der Waals surface area contributed by atoms with E-state index in [1.807, 2.05) is 13.8 Å². The Bertz CT molecular complexity index is 330. The maximum absolute atomic E-state index is 13.4. The van der Waals surface area contributed by atoms with Gasteiger partial charge in [0.25, 0.3) is 0 Å². The van der Waals surface area contributed by atoms with Gasteiger partial charge in [0.1, 0.15) is 6.10 Å². The molecule has 1 rings (SSSR count). The van der Waals surface area contributed by atoms with Gasteiger partial charge in [0.05, 0.1) is 0 Å². The van der Waals surface area contributed by atoms with Gasteiger partial charge in [0, 0.05) is 11.0 Å². The number of nitrogens with two attached hydrogens (primary N) is 1. The van der Waals surface area contributed by atoms with Crippen molar-refractivity contribution in [1.82, 2.24) is 0 Å². The first kappa shape index (κ1) is 12.5. The second-order valence-corrected chi connectivity index (χ2v) is 4.63. The molecule has 0 aliphatic carbocycles. The van der Waals surface area contributed by atoms with Crippen molar-refractivity contribution >= 4 is 15.9 Å². The average molecular weight is 276 g/mol. The third kappa shape index (κ3) is 3.47. The Hall–Kier alpha value is -0.610. The van der Waals surface area contributed by atoms with Gasteiger partial charge in [-0.3, -0.25) is 0 Å². The summed E-state index contributed by atoms with van der Waals surface area (Å²) in [6.45, 7) is 4.37. The molecule has 4 heteroatoms. The highest BCUT2D eigenvalue weighted by Gasteiger charge is 2.15. The van der Waals surface area contributed by atoms with Gasteiger partial charge in [-0.25, -0.2) is 4.39 Å². The minimum Gasteiger partial charge on any atom is -0.486 e. The zero-order valence-electron chi connectivity index (χ0n) is 8.84. The Morgan fingerprint density at radius 2 is 2.13 bits per heavy atom. The molecule has 1 unspecified atom stereocenters. The van der Waals surface area contributed by atoms with Crippen LogP contribution < -0.4 is 10.5 Å². The molecule has 0 heterocycles. The maximum atomic E-state index is 13.4. The molecule has 0 spiro atoms. The summed E-state index contributed by atoms with van der Waals surface area (Å²) in [4.78, 5) is 0. The smallest absolute Gasteiger partial charge is 0.166 e. The SMILES string of the molecule is CC(C)C(CN)Oc1ccc(Br)cc1F. The maximum Gasteiger partial charge on any atom is 0.166 e. The minimum atomic E-state index is -0.372. The van der Waals surface area contributed by atoms with Crippen LogP contribution in [-0.2, 0) is 0 Å². The van der Waals surface area contributed by atoms with E-state index in [1.54, 1.807) is 12.1 Å². The van der Waals surface area contributed by atoms with Crippen molar-refractivity contribution in [1.29, 1.82) is 0 Å². The van der Waals surface area contributed by atoms with Gasteiger partial charge in [0.15, 0.2) is 11.6 Å². The van der Waals surface area contributed by atoms with E-state index in [1.165, 1.54) is 6.07 Å². The molecule has 0 radical (unpaired) electrons. The van der Waals surface area contributed by atoms with E-state index in [9.17, 15) is 4.39 Å². The highest BCUT2D eigenvalue weighted by atomic mass is 79.9. The molecule has 1 aromatic carbocycles. The molecule has 0 fully saturated rings. The van der Waals surface area contributed by atoms with Crippen molar-refractivity contribution < 1.29 is 9.13 Å². The predicted octanol–water partition coefficient (Wildman–Crippen LogP) is 2.95. The van der Waals surface area contributed by atoms with E-state index >= 15 is 0 Å². The molecule has 1 atom stereocenters. The van der Waals surface area contributed by atoms with E-state index < -0.39 is 0 Å². The molecule has 0 saturated carbocycles. The normalized spacial score (nSPS) is 12.9. The predicted molar refractivity (Wildman–Crippen MR) is 62.4 cm³/mol. The molecule has 1 aromatic rings. The third-order valence-electron chi connectivity index (χ3n) is 2.15. The van der Waals surface area contributed by atoms with Crippen molar-refractivity contribution in [2.45, 2.75) is 20.0 Å². The lowest BCUT2D eigenvalue weighted by atomic mass is 10.1. The van der Waals surface area contributed by atoms with Crippen molar-refractivity contribution in [2.24, 2.45) is 11.7 Å². The summed E-state index contributed by atoms with van der Waals surface area (Å²) in [7, 11) is 0. The molecule has 2 nitrogen and oxygen atoms in total. The fraction of sp³-hybridized carbons (Fsp3) is 0.455. The first-order valence-electron chi connectivity index (χ1n) is 4.86. The number of hydrogen-bond acceptors (Lipinski definition) is 2. The van der Waals surface area contributed by atoms with Crippen LogP contribution in [0.3, 0.4) is 0 Å². The van der Waals surface area contributed by atoms with Crippen molar-refractivity contribution in [3.05, 3.63) is 28.5 Å². The monoisotopic (exact) mass is 275 g/mol. The minimum absolute atomic E-state index is 0.152. The Labute approximate surface area is 97.7 Å². The van der Waals surface area contributed by atoms with Crippen LogP contribution in [0.4, 0.5) is 4.39 Å². The van der Waals surface area contributed by atoms with Crippen LogP contribution in [0.5, 0.6) is 5.75 Å². The third-order valence-corrected chi connectivity index (χ3v) is 2.64. The fourth-order valence-corrected chi connectivity index (χ4v) is 1.52. The quantitative estimate of drug-likeness (QED) is 0.917. The van der Waals surface area contributed by atoms with Crippen LogP contribution in [0.2, 0.25) is 0 Å². The lowest BCUT2D eigenvalue weighted by Gasteiger charge is -2.21. The molecule has 0 saturated heterocycles. The van der Waals surface area contributed by atoms with Crippen LogP contribution in [0.15, 0.2) is 22.7 Å². The highest BCUT2D eigenvalue weighted by molar-refractivity contribution is 9.10. The van der Waals surface area contributed by atoms with Crippen molar-refractivity contribution in [3.63, 3.8) is 0 Å². The van der Waals surface area contributed by atoms with Crippen molar-refractivity contribution in [2.75, 3.05) is 6.54 Å². The number of rotatable bonds is 4. The Morgan fingerprint density at radius 1 is 1.47 bits per heavy atom. The van der Waals surface area contributed by atoms with E-state index in [0.717, 1.165) is 0 Å².